The molecule has 2 atom stereocenters. The molecule has 0 aliphatic heterocycles. The monoisotopic (exact) mass is 489 g/mol. The average Bonchev–Trinajstić information content (AvgIpc) is 2.61. The fourth-order valence-electron chi connectivity index (χ4n) is 2.57. The minimum atomic E-state index is -2.41. The maximum atomic E-state index is 13.6. The molecule has 0 aliphatic rings. The molecule has 0 fully saturated rings. The van der Waals surface area contributed by atoms with Crippen molar-refractivity contribution in [2.75, 3.05) is 13.7 Å². The number of alkyl carbamates (subject to hydrolysis) is 1. The molecule has 1 N–H and O–H groups in total. The number of amides is 1. The van der Waals surface area contributed by atoms with Crippen LogP contribution in [0.5, 0.6) is 5.75 Å². The molecule has 0 aliphatic carbocycles. The lowest BCUT2D eigenvalue weighted by Gasteiger charge is -2.41. The van der Waals surface area contributed by atoms with Gasteiger partial charge in [-0.2, -0.15) is 0 Å². The molecule has 1 rings (SSSR count). The predicted octanol–water partition coefficient (Wildman–Crippen LogP) is 5.19. The highest BCUT2D eigenvalue weighted by atomic mass is 28.4. The molecule has 2 unspecified atom stereocenters. The molecule has 0 heterocycles. The summed E-state index contributed by atoms with van der Waals surface area (Å²) in [5.74, 6) is -2.20. The number of hydrogen-bond acceptors (Lipinski definition) is 6. The van der Waals surface area contributed by atoms with Crippen molar-refractivity contribution in [3.05, 3.63) is 29.8 Å². The molecule has 0 saturated carbocycles. The van der Waals surface area contributed by atoms with Gasteiger partial charge in [0.25, 0.3) is 0 Å². The largest absolute Gasteiger partial charge is 0.491 e. The smallest absolute Gasteiger partial charge is 0.408 e. The molecular weight excluding hydrogens is 452 g/mol. The van der Waals surface area contributed by atoms with E-state index in [1.165, 1.54) is 7.11 Å². The van der Waals surface area contributed by atoms with Crippen LogP contribution in [-0.4, -0.2) is 51.8 Å². The standard InChI is InChI=1S/C23H37F2NO6Si/c1-22(2,3)31-21(28)26-18(14-30-17-11-15(24)10-16(25)12-17)19(13-20(27)29-7)32-33(8,9)23(4,5)6/h10-12,18-19H,13-14H2,1-9H3,(H,26,28). The summed E-state index contributed by atoms with van der Waals surface area (Å²) >= 11 is 0. The molecular formula is C23H37F2NO6Si. The Hall–Kier alpha value is -2.20. The second kappa shape index (κ2) is 11.3. The van der Waals surface area contributed by atoms with E-state index < -0.39 is 49.8 Å². The first-order chi connectivity index (χ1) is 14.9. The van der Waals surface area contributed by atoms with Gasteiger partial charge in [0.2, 0.25) is 0 Å². The van der Waals surface area contributed by atoms with Crippen LogP contribution < -0.4 is 10.1 Å². The Labute approximate surface area is 196 Å². The molecule has 1 amide bonds. The molecule has 0 radical (unpaired) electrons. The highest BCUT2D eigenvalue weighted by Crippen LogP contribution is 2.38. The Morgan fingerprint density at radius 3 is 2.03 bits per heavy atom. The van der Waals surface area contributed by atoms with Gasteiger partial charge in [-0.05, 0) is 38.9 Å². The van der Waals surface area contributed by atoms with Crippen LogP contribution in [-0.2, 0) is 18.7 Å². The Balaban J connectivity index is 3.25. The van der Waals surface area contributed by atoms with Crippen molar-refractivity contribution in [2.24, 2.45) is 0 Å². The number of halogens is 2. The van der Waals surface area contributed by atoms with Crippen molar-refractivity contribution < 1.29 is 37.0 Å². The predicted molar refractivity (Wildman–Crippen MR) is 124 cm³/mol. The highest BCUT2D eigenvalue weighted by molar-refractivity contribution is 6.74. The van der Waals surface area contributed by atoms with Gasteiger partial charge >= 0.3 is 12.1 Å². The zero-order valence-corrected chi connectivity index (χ0v) is 22.0. The van der Waals surface area contributed by atoms with Gasteiger partial charge in [-0.1, -0.05) is 20.8 Å². The number of hydrogen-bond donors (Lipinski definition) is 1. The van der Waals surface area contributed by atoms with Crippen LogP contribution in [0.1, 0.15) is 48.0 Å². The van der Waals surface area contributed by atoms with E-state index in [4.69, 9.17) is 18.6 Å². The number of benzene rings is 1. The molecule has 7 nitrogen and oxygen atoms in total. The average molecular weight is 490 g/mol. The third-order valence-electron chi connectivity index (χ3n) is 5.26. The van der Waals surface area contributed by atoms with Crippen molar-refractivity contribution >= 4 is 20.4 Å². The minimum absolute atomic E-state index is 0.0624. The van der Waals surface area contributed by atoms with Crippen LogP contribution in [0.15, 0.2) is 18.2 Å². The fourth-order valence-corrected chi connectivity index (χ4v) is 3.93. The Kier molecular flexibility index (Phi) is 9.86. The van der Waals surface area contributed by atoms with E-state index in [0.29, 0.717) is 0 Å². The van der Waals surface area contributed by atoms with E-state index in [1.807, 2.05) is 33.9 Å². The molecule has 0 spiro atoms. The third kappa shape index (κ3) is 10.1. The van der Waals surface area contributed by atoms with E-state index in [2.05, 4.69) is 5.32 Å². The quantitative estimate of drug-likeness (QED) is 0.380. The molecule has 188 valence electrons. The number of carbonyl (C=O) groups is 2. The first kappa shape index (κ1) is 28.8. The van der Waals surface area contributed by atoms with Crippen molar-refractivity contribution in [1.29, 1.82) is 0 Å². The molecule has 0 bridgehead atoms. The minimum Gasteiger partial charge on any atom is -0.491 e. The number of rotatable bonds is 9. The van der Waals surface area contributed by atoms with Gasteiger partial charge in [0.1, 0.15) is 29.6 Å². The highest BCUT2D eigenvalue weighted by Gasteiger charge is 2.42. The van der Waals surface area contributed by atoms with E-state index in [-0.39, 0.29) is 23.8 Å². The SMILES string of the molecule is COC(=O)CC(O[Si](C)(C)C(C)(C)C)C(COc1cc(F)cc(F)c1)NC(=O)OC(C)(C)C. The zero-order valence-electron chi connectivity index (χ0n) is 21.0. The summed E-state index contributed by atoms with van der Waals surface area (Å²) in [7, 11) is -1.15. The van der Waals surface area contributed by atoms with Crippen molar-refractivity contribution in [1.82, 2.24) is 5.32 Å². The summed E-state index contributed by atoms with van der Waals surface area (Å²) in [6, 6.07) is 1.90. The summed E-state index contributed by atoms with van der Waals surface area (Å²) in [6.07, 6.45) is -1.73. The third-order valence-corrected chi connectivity index (χ3v) is 9.77. The first-order valence-corrected chi connectivity index (χ1v) is 13.7. The summed E-state index contributed by atoms with van der Waals surface area (Å²) in [5.41, 5.74) is -0.765. The second-order valence-electron chi connectivity index (χ2n) is 10.4. The number of methoxy groups -OCH3 is 1. The van der Waals surface area contributed by atoms with E-state index in [9.17, 15) is 18.4 Å². The van der Waals surface area contributed by atoms with Gasteiger partial charge in [-0.15, -0.1) is 0 Å². The van der Waals surface area contributed by atoms with Crippen LogP contribution in [0.2, 0.25) is 18.1 Å². The van der Waals surface area contributed by atoms with Gasteiger partial charge in [0.15, 0.2) is 8.32 Å². The summed E-state index contributed by atoms with van der Waals surface area (Å²) < 4.78 is 49.4. The number of esters is 1. The van der Waals surface area contributed by atoms with Gasteiger partial charge in [-0.25, -0.2) is 13.6 Å². The van der Waals surface area contributed by atoms with E-state index in [1.54, 1.807) is 20.8 Å². The Morgan fingerprint density at radius 1 is 1.03 bits per heavy atom. The van der Waals surface area contributed by atoms with Gasteiger partial charge in [0, 0.05) is 18.2 Å². The second-order valence-corrected chi connectivity index (χ2v) is 15.1. The summed E-state index contributed by atoms with van der Waals surface area (Å²) in [4.78, 5) is 24.7. The molecule has 0 saturated heterocycles. The maximum absolute atomic E-state index is 13.6. The first-order valence-electron chi connectivity index (χ1n) is 10.8. The summed E-state index contributed by atoms with van der Waals surface area (Å²) in [6.45, 7) is 15.0. The van der Waals surface area contributed by atoms with Crippen LogP contribution in [0.3, 0.4) is 0 Å². The number of nitrogens with one attached hydrogen (secondary N) is 1. The lowest BCUT2D eigenvalue weighted by molar-refractivity contribution is -0.143. The molecule has 1 aromatic rings. The fraction of sp³-hybridized carbons (Fsp3) is 0.652. The topological polar surface area (TPSA) is 83.1 Å². The van der Waals surface area contributed by atoms with Crippen LogP contribution in [0.25, 0.3) is 0 Å². The Bertz CT molecular complexity index is 800. The molecule has 33 heavy (non-hydrogen) atoms. The lowest BCUT2D eigenvalue weighted by Crippen LogP contribution is -2.55. The summed E-state index contributed by atoms with van der Waals surface area (Å²) in [5, 5.41) is 2.50. The van der Waals surface area contributed by atoms with E-state index >= 15 is 0 Å². The van der Waals surface area contributed by atoms with Crippen LogP contribution in [0, 0.1) is 11.6 Å². The van der Waals surface area contributed by atoms with Crippen LogP contribution in [0.4, 0.5) is 13.6 Å². The molecule has 10 heteroatoms. The van der Waals surface area contributed by atoms with Crippen molar-refractivity contribution in [3.63, 3.8) is 0 Å². The van der Waals surface area contributed by atoms with Gasteiger partial charge in [0.05, 0.1) is 25.7 Å². The van der Waals surface area contributed by atoms with E-state index in [0.717, 1.165) is 18.2 Å². The number of ether oxygens (including phenoxy) is 3. The molecule has 1 aromatic carbocycles. The van der Waals surface area contributed by atoms with Crippen molar-refractivity contribution in [3.8, 4) is 5.75 Å². The maximum Gasteiger partial charge on any atom is 0.408 e. The Morgan fingerprint density at radius 2 is 1.58 bits per heavy atom. The number of carbonyl (C=O) groups excluding carboxylic acids is 2. The van der Waals surface area contributed by atoms with Gasteiger partial charge < -0.3 is 24.0 Å². The van der Waals surface area contributed by atoms with Crippen LogP contribution >= 0.6 is 0 Å². The van der Waals surface area contributed by atoms with Crippen molar-refractivity contribution in [2.45, 2.75) is 83.8 Å². The van der Waals surface area contributed by atoms with Gasteiger partial charge in [-0.3, -0.25) is 4.79 Å². The zero-order chi connectivity index (χ0) is 25.6. The molecule has 0 aromatic heterocycles. The normalized spacial score (nSPS) is 14.3. The lowest BCUT2D eigenvalue weighted by atomic mass is 10.1.